The van der Waals surface area contributed by atoms with Gasteiger partial charge in [-0.1, -0.05) is 104 Å². The highest BCUT2D eigenvalue weighted by Crippen LogP contribution is 2.82. The molecule has 9 nitrogen and oxygen atoms in total. The minimum atomic E-state index is -1.78. The van der Waals surface area contributed by atoms with Crippen molar-refractivity contribution in [2.24, 2.45) is 105 Å². The third kappa shape index (κ3) is 8.40. The van der Waals surface area contributed by atoms with E-state index < -0.39 is 56.4 Å². The molecule has 1 saturated heterocycles. The second kappa shape index (κ2) is 21.5. The van der Waals surface area contributed by atoms with Gasteiger partial charge in [0.25, 0.3) is 0 Å². The molecule has 15 aliphatic carbocycles. The van der Waals surface area contributed by atoms with Gasteiger partial charge in [-0.3, -0.25) is 0 Å². The maximum atomic E-state index is 16.3. The van der Waals surface area contributed by atoms with Crippen LogP contribution in [0.2, 0.25) is 0 Å². The monoisotopic (exact) mass is 1260 g/mol. The molecule has 26 atom stereocenters. The first kappa shape index (κ1) is 60.3. The summed E-state index contributed by atoms with van der Waals surface area (Å²) in [6, 6.07) is 34.5. The molecule has 26 unspecified atom stereocenters. The second-order valence-electron chi connectivity index (χ2n) is 35.4. The van der Waals surface area contributed by atoms with Crippen molar-refractivity contribution in [1.29, 1.82) is 0 Å². The standard InChI is InChI=1S/C85H101NO8/c1-49-58-16-15-55(32-58)30-51-8-4-10-54(29-51)34-67-39-65-37-63-35-61-18-19-71(63)82(65)47-81(48-88)74-23-26-80-46-79(24-21-56(42-79)31-52-9-3-7-50(27-52)28-53-11-5-13-60(61)33-53)25-22-57-12-6-14-62(45-87)68(57)40-73(86-2)69-38-64(76(80)70-41-75(89)94-77(69)70)43-84(80,91)83(74,90)44-66-36-59(49)17-20-72(78(82)93-67)85(66,81)92/h3-14,27,29,33,41,48-49,55-56,58-59,61,63-67,69,71-74,76-78,86-87,90-92H,15-21,23-24,26,28,30-32,34-40,42-47H2,1-2H3. The average Bonchev–Trinajstić information content (AvgIpc) is 1.25. The number of hydrogen-bond donors (Lipinski definition) is 5. The van der Waals surface area contributed by atoms with Crippen LogP contribution in [-0.4, -0.2) is 80.9 Å². The van der Waals surface area contributed by atoms with Crippen LogP contribution in [-0.2, 0) is 57.8 Å². The van der Waals surface area contributed by atoms with Crippen molar-refractivity contribution in [3.05, 3.63) is 153 Å². The van der Waals surface area contributed by atoms with Gasteiger partial charge in [0.2, 0.25) is 0 Å². The molecule has 94 heavy (non-hydrogen) atoms. The smallest absolute Gasteiger partial charge is 0.331 e. The molecule has 5 N–H and O–H groups in total. The average molecular weight is 1260 g/mol. The number of rotatable bonds is 3. The molecule has 10 saturated carbocycles. The fourth-order valence-electron chi connectivity index (χ4n) is 28.7. The van der Waals surface area contributed by atoms with E-state index in [0.29, 0.717) is 86.9 Å². The molecule has 18 aliphatic rings. The SMILES string of the molecule is CNC1Cc2c(cccc2CO)C#CC23CCC(Cc4cccc(c4)Cc4cccc(c4)C4CCC5C(C4)CC4CC6Cc7cccc(c7)CC7CCC(C7)C(C)C7CCC8C(O6)C45CC4(C=O)C5CCC6(C2)C2C9=CC(=O)OC9C1CC2CC6(O)C5(O)CC(C7)C84O)C3. The van der Waals surface area contributed by atoms with Crippen LogP contribution >= 0.6 is 0 Å². The third-order valence-electron chi connectivity index (χ3n) is 31.9. The number of likely N-dealkylation sites (N-methyl/N-ethyl adjacent to an activating group) is 1. The Morgan fingerprint density at radius 1 is 0.681 bits per heavy atom. The summed E-state index contributed by atoms with van der Waals surface area (Å²) in [5.74, 6) is 9.22. The lowest BCUT2D eigenvalue weighted by Crippen LogP contribution is -2.83. The zero-order chi connectivity index (χ0) is 63.5. The number of ether oxygens (including phenoxy) is 2. The van der Waals surface area contributed by atoms with E-state index in [1.807, 2.05) is 25.3 Å². The Hall–Kier alpha value is -4.92. The van der Waals surface area contributed by atoms with Gasteiger partial charge in [-0.05, 0) is 301 Å². The van der Waals surface area contributed by atoms with Crippen LogP contribution in [0.1, 0.15) is 198 Å². The zero-order valence-electron chi connectivity index (χ0n) is 55.8. The summed E-state index contributed by atoms with van der Waals surface area (Å²) < 4.78 is 14.9. The van der Waals surface area contributed by atoms with Crippen LogP contribution in [0.3, 0.4) is 0 Å². The Morgan fingerprint density at radius 3 is 2.26 bits per heavy atom. The van der Waals surface area contributed by atoms with E-state index in [1.165, 1.54) is 58.9 Å². The van der Waals surface area contributed by atoms with Gasteiger partial charge in [0.1, 0.15) is 18.0 Å². The van der Waals surface area contributed by atoms with Gasteiger partial charge in [-0.15, -0.1) is 0 Å². The number of aliphatic hydroxyl groups is 4. The van der Waals surface area contributed by atoms with E-state index in [-0.39, 0.29) is 78.7 Å². The lowest BCUT2D eigenvalue weighted by atomic mass is 9.32. The molecule has 11 fully saturated rings. The zero-order valence-corrected chi connectivity index (χ0v) is 55.8. The molecule has 0 amide bonds. The Balaban J connectivity index is 0.843. The molecular formula is C85H101NO8. The first-order valence-electron chi connectivity index (χ1n) is 38.0. The maximum absolute atomic E-state index is 16.3. The minimum absolute atomic E-state index is 0.0192. The molecule has 4 aromatic carbocycles. The molecule has 3 spiro atoms. The number of nitrogens with one attached hydrogen (secondary N) is 1. The highest BCUT2D eigenvalue weighted by Gasteiger charge is 2.86. The minimum Gasteiger partial charge on any atom is -0.454 e. The van der Waals surface area contributed by atoms with Gasteiger partial charge in [-0.2, -0.15) is 0 Å². The molecule has 0 aromatic heterocycles. The topological polar surface area (TPSA) is 146 Å². The van der Waals surface area contributed by atoms with Gasteiger partial charge >= 0.3 is 5.97 Å². The quantitative estimate of drug-likeness (QED) is 0.0769. The molecule has 0 radical (unpaired) electrons. The molecule has 25 bridgehead atoms. The summed E-state index contributed by atoms with van der Waals surface area (Å²) in [6.07, 6.45) is 23.9. The molecule has 4 aromatic rings. The Morgan fingerprint density at radius 2 is 1.43 bits per heavy atom. The summed E-state index contributed by atoms with van der Waals surface area (Å²) in [6.45, 7) is 2.42. The van der Waals surface area contributed by atoms with Crippen molar-refractivity contribution in [2.75, 3.05) is 7.05 Å². The van der Waals surface area contributed by atoms with Crippen LogP contribution in [0.5, 0.6) is 0 Å². The first-order chi connectivity index (χ1) is 45.6. The van der Waals surface area contributed by atoms with E-state index in [9.17, 15) is 9.90 Å². The Kier molecular flexibility index (Phi) is 13.8. The van der Waals surface area contributed by atoms with Crippen molar-refractivity contribution >= 4 is 12.3 Å². The predicted octanol–water partition coefficient (Wildman–Crippen LogP) is 13.3. The van der Waals surface area contributed by atoms with Crippen molar-refractivity contribution in [3.63, 3.8) is 0 Å². The number of aliphatic hydroxyl groups excluding tert-OH is 1. The summed E-state index contributed by atoms with van der Waals surface area (Å²) in [7, 11) is 2.01. The molecule has 22 rings (SSSR count). The number of hydrogen-bond acceptors (Lipinski definition) is 9. The second-order valence-corrected chi connectivity index (χ2v) is 35.4. The van der Waals surface area contributed by atoms with Gasteiger partial charge in [0.15, 0.2) is 0 Å². The molecule has 9 heteroatoms. The van der Waals surface area contributed by atoms with Crippen molar-refractivity contribution in [2.45, 2.75) is 228 Å². The summed E-state index contributed by atoms with van der Waals surface area (Å²) in [5, 5.41) is 62.0. The number of carbonyl (C=O) groups is 2. The number of carbonyl (C=O) groups excluding carboxylic acids is 2. The lowest BCUT2D eigenvalue weighted by Gasteiger charge is -2.75. The van der Waals surface area contributed by atoms with Crippen molar-refractivity contribution in [1.82, 2.24) is 5.32 Å². The van der Waals surface area contributed by atoms with Crippen molar-refractivity contribution in [3.8, 4) is 11.8 Å². The van der Waals surface area contributed by atoms with Gasteiger partial charge in [0, 0.05) is 51.7 Å². The largest absolute Gasteiger partial charge is 0.454 e. The number of benzene rings is 4. The molecular weight excluding hydrogens is 1160 g/mol. The third-order valence-corrected chi connectivity index (χ3v) is 31.9. The van der Waals surface area contributed by atoms with Crippen molar-refractivity contribution < 1.29 is 39.5 Å². The first-order valence-corrected chi connectivity index (χ1v) is 38.0. The van der Waals surface area contributed by atoms with E-state index in [4.69, 9.17) is 9.47 Å². The number of aldehydes is 1. The fourth-order valence-corrected chi connectivity index (χ4v) is 28.7. The summed E-state index contributed by atoms with van der Waals surface area (Å²) in [5.41, 5.74) is 3.75. The Labute approximate surface area is 557 Å². The number of esters is 1. The molecule has 3 aliphatic heterocycles. The van der Waals surface area contributed by atoms with E-state index in [0.717, 1.165) is 112 Å². The summed E-state index contributed by atoms with van der Waals surface area (Å²) in [4.78, 5) is 30.7. The van der Waals surface area contributed by atoms with Gasteiger partial charge in [-0.25, -0.2) is 4.79 Å². The van der Waals surface area contributed by atoms with Crippen LogP contribution in [0.15, 0.2) is 103 Å². The Bertz CT molecular complexity index is 3840. The lowest BCUT2D eigenvalue weighted by molar-refractivity contribution is -0.371. The van der Waals surface area contributed by atoms with Crippen LogP contribution in [0.25, 0.3) is 0 Å². The predicted molar refractivity (Wildman–Crippen MR) is 361 cm³/mol. The number of fused-ring (bicyclic) bond motifs is 8. The summed E-state index contributed by atoms with van der Waals surface area (Å²) >= 11 is 0. The highest BCUT2D eigenvalue weighted by atomic mass is 16.5. The van der Waals surface area contributed by atoms with E-state index in [1.54, 1.807) is 0 Å². The maximum Gasteiger partial charge on any atom is 0.331 e. The van der Waals surface area contributed by atoms with Crippen LogP contribution in [0.4, 0.5) is 0 Å². The fraction of sp³-hybridized carbons (Fsp3) is 0.647. The van der Waals surface area contributed by atoms with Gasteiger partial charge in [0.05, 0.1) is 35.4 Å². The van der Waals surface area contributed by atoms with Crippen LogP contribution in [0, 0.1) is 116 Å². The molecule has 3 heterocycles. The van der Waals surface area contributed by atoms with E-state index in [2.05, 4.69) is 103 Å². The normalized spacial score (nSPS) is 47.9. The van der Waals surface area contributed by atoms with Gasteiger partial charge < -0.3 is 40.0 Å². The van der Waals surface area contributed by atoms with E-state index >= 15 is 20.1 Å². The molecule has 494 valence electrons. The highest BCUT2D eigenvalue weighted by molar-refractivity contribution is 5.86. The van der Waals surface area contributed by atoms with Crippen LogP contribution < -0.4 is 5.32 Å².